The first-order valence-electron chi connectivity index (χ1n) is 7.20. The number of aliphatic imine (C=N–C) groups is 1. The Balaban J connectivity index is 2.17. The second-order valence-corrected chi connectivity index (χ2v) is 5.50. The van der Waals surface area contributed by atoms with Crippen LogP contribution in [0.15, 0.2) is 35.5 Å². The zero-order valence-electron chi connectivity index (χ0n) is 13.4. The lowest BCUT2D eigenvalue weighted by molar-refractivity contribution is 0.306. The van der Waals surface area contributed by atoms with Crippen LogP contribution < -0.4 is 10.1 Å². The summed E-state index contributed by atoms with van der Waals surface area (Å²) < 4.78 is 7.79. The third kappa shape index (κ3) is 4.50. The number of hydrogen-bond acceptors (Lipinski definition) is 5. The van der Waals surface area contributed by atoms with Crippen LogP contribution >= 0.6 is 11.8 Å². The molecule has 1 heterocycles. The van der Waals surface area contributed by atoms with E-state index in [1.54, 1.807) is 0 Å². The Morgan fingerprint density at radius 2 is 2.26 bits per heavy atom. The molecule has 0 bridgehead atoms. The number of benzene rings is 1. The van der Waals surface area contributed by atoms with Crippen molar-refractivity contribution in [3.05, 3.63) is 41.7 Å². The third-order valence-electron chi connectivity index (χ3n) is 3.20. The van der Waals surface area contributed by atoms with Crippen LogP contribution in [-0.4, -0.2) is 21.2 Å². The summed E-state index contributed by atoms with van der Waals surface area (Å²) in [6.45, 7) is 5.28. The van der Waals surface area contributed by atoms with E-state index in [1.807, 2.05) is 61.4 Å². The minimum absolute atomic E-state index is 0.429. The number of nitrogens with one attached hydrogen (secondary N) is 1. The van der Waals surface area contributed by atoms with Crippen LogP contribution in [0.5, 0.6) is 5.75 Å². The number of amidine groups is 1. The van der Waals surface area contributed by atoms with E-state index in [1.165, 1.54) is 11.8 Å². The molecule has 2 aromatic rings. The molecule has 1 aromatic carbocycles. The van der Waals surface area contributed by atoms with E-state index < -0.39 is 0 Å². The predicted octanol–water partition coefficient (Wildman–Crippen LogP) is 3.21. The zero-order chi connectivity index (χ0) is 16.7. The van der Waals surface area contributed by atoms with Gasteiger partial charge in [-0.2, -0.15) is 10.4 Å². The molecule has 0 spiro atoms. The molecular weight excluding hydrogens is 310 g/mol. The molecule has 0 saturated carbocycles. The molecule has 0 fully saturated rings. The average molecular weight is 329 g/mol. The van der Waals surface area contributed by atoms with Gasteiger partial charge in [0, 0.05) is 18.3 Å². The summed E-state index contributed by atoms with van der Waals surface area (Å²) in [6, 6.07) is 7.50. The number of aryl methyl sites for hydroxylation is 2. The van der Waals surface area contributed by atoms with Crippen LogP contribution in [0.1, 0.15) is 18.2 Å². The molecule has 0 radical (unpaired) electrons. The number of nitriles is 1. The highest BCUT2D eigenvalue weighted by Crippen LogP contribution is 2.28. The number of aromatic nitrogens is 2. The van der Waals surface area contributed by atoms with Crippen LogP contribution in [0, 0.1) is 18.4 Å². The summed E-state index contributed by atoms with van der Waals surface area (Å²) in [7, 11) is 0. The molecule has 1 N–H and O–H groups in total. The van der Waals surface area contributed by atoms with Crippen LogP contribution in [0.3, 0.4) is 0 Å². The second-order valence-electron chi connectivity index (χ2n) is 4.71. The fraction of sp³-hybridized carbons (Fsp3) is 0.312. The van der Waals surface area contributed by atoms with Crippen LogP contribution in [0.2, 0.25) is 0 Å². The highest BCUT2D eigenvalue weighted by atomic mass is 32.2. The molecule has 23 heavy (non-hydrogen) atoms. The number of thioether (sulfide) groups is 1. The van der Waals surface area contributed by atoms with Crippen molar-refractivity contribution in [2.24, 2.45) is 4.99 Å². The SMILES string of the molecule is CCn1cc(COc2ccccc2N=C(NC#N)SC)c(C)n1. The summed E-state index contributed by atoms with van der Waals surface area (Å²) in [4.78, 5) is 4.42. The van der Waals surface area contributed by atoms with Crippen molar-refractivity contribution in [3.63, 3.8) is 0 Å². The number of para-hydroxylation sites is 2. The largest absolute Gasteiger partial charge is 0.487 e. The maximum atomic E-state index is 8.73. The molecule has 0 atom stereocenters. The number of ether oxygens (including phenoxy) is 1. The normalized spacial score (nSPS) is 11.1. The molecular formula is C16H19N5OS. The van der Waals surface area contributed by atoms with Gasteiger partial charge in [-0.1, -0.05) is 23.9 Å². The van der Waals surface area contributed by atoms with Gasteiger partial charge in [0.05, 0.1) is 5.69 Å². The van der Waals surface area contributed by atoms with Crippen LogP contribution in [0.25, 0.3) is 0 Å². The Labute approximate surface area is 140 Å². The van der Waals surface area contributed by atoms with Crippen LogP contribution in [0.4, 0.5) is 5.69 Å². The van der Waals surface area contributed by atoms with Crippen molar-refractivity contribution in [1.82, 2.24) is 15.1 Å². The fourth-order valence-corrected chi connectivity index (χ4v) is 2.31. The van der Waals surface area contributed by atoms with Gasteiger partial charge >= 0.3 is 0 Å². The molecule has 0 aliphatic heterocycles. The average Bonchev–Trinajstić information content (AvgIpc) is 2.93. The number of rotatable bonds is 5. The number of hydrogen-bond donors (Lipinski definition) is 1. The smallest absolute Gasteiger partial charge is 0.183 e. The van der Waals surface area contributed by atoms with E-state index in [2.05, 4.69) is 15.4 Å². The summed E-state index contributed by atoms with van der Waals surface area (Å²) in [5.74, 6) is 0.669. The van der Waals surface area contributed by atoms with Crippen molar-refractivity contribution in [3.8, 4) is 11.9 Å². The maximum Gasteiger partial charge on any atom is 0.183 e. The van der Waals surface area contributed by atoms with Gasteiger partial charge in [-0.3, -0.25) is 10.00 Å². The van der Waals surface area contributed by atoms with Gasteiger partial charge in [-0.15, -0.1) is 0 Å². The third-order valence-corrected chi connectivity index (χ3v) is 3.78. The van der Waals surface area contributed by atoms with E-state index in [0.717, 1.165) is 17.8 Å². The number of nitrogens with zero attached hydrogens (tertiary/aromatic N) is 4. The van der Waals surface area contributed by atoms with Crippen molar-refractivity contribution < 1.29 is 4.74 Å². The summed E-state index contributed by atoms with van der Waals surface area (Å²) in [6.07, 6.45) is 5.73. The molecule has 120 valence electrons. The van der Waals surface area contributed by atoms with Gasteiger partial charge in [0.2, 0.25) is 0 Å². The van der Waals surface area contributed by atoms with Gasteiger partial charge in [0.1, 0.15) is 18.0 Å². The Bertz CT molecular complexity index is 732. The first-order chi connectivity index (χ1) is 11.2. The molecule has 2 rings (SSSR count). The Morgan fingerprint density at radius 1 is 1.48 bits per heavy atom. The summed E-state index contributed by atoms with van der Waals surface area (Å²) >= 11 is 1.37. The van der Waals surface area contributed by atoms with Gasteiger partial charge in [-0.05, 0) is 32.2 Å². The second kappa shape index (κ2) is 8.25. The monoisotopic (exact) mass is 329 g/mol. The van der Waals surface area contributed by atoms with Gasteiger partial charge < -0.3 is 4.74 Å². The highest BCUT2D eigenvalue weighted by molar-refractivity contribution is 8.13. The molecule has 0 unspecified atom stereocenters. The lowest BCUT2D eigenvalue weighted by atomic mass is 10.2. The molecule has 1 aromatic heterocycles. The van der Waals surface area contributed by atoms with Crippen molar-refractivity contribution in [1.29, 1.82) is 5.26 Å². The molecule has 6 nitrogen and oxygen atoms in total. The van der Waals surface area contributed by atoms with Crippen molar-refractivity contribution in [2.75, 3.05) is 6.26 Å². The van der Waals surface area contributed by atoms with Crippen LogP contribution in [-0.2, 0) is 13.2 Å². The highest BCUT2D eigenvalue weighted by Gasteiger charge is 2.08. The van der Waals surface area contributed by atoms with Gasteiger partial charge in [-0.25, -0.2) is 4.99 Å². The molecule has 0 saturated heterocycles. The molecule has 0 aliphatic rings. The summed E-state index contributed by atoms with van der Waals surface area (Å²) in [5, 5.41) is 16.2. The predicted molar refractivity (Wildman–Crippen MR) is 92.8 cm³/mol. The van der Waals surface area contributed by atoms with Crippen molar-refractivity contribution in [2.45, 2.75) is 27.0 Å². The van der Waals surface area contributed by atoms with Gasteiger partial charge in [0.15, 0.2) is 11.4 Å². The van der Waals surface area contributed by atoms with E-state index in [4.69, 9.17) is 10.00 Å². The standard InChI is InChI=1S/C16H19N5OS/c1-4-21-9-13(12(2)20-21)10-22-15-8-6-5-7-14(15)19-16(23-3)18-11-17/h5-9H,4,10H2,1-3H3,(H,18,19). The quantitative estimate of drug-likeness (QED) is 0.394. The Kier molecular flexibility index (Phi) is 6.06. The lowest BCUT2D eigenvalue weighted by Gasteiger charge is -2.09. The molecule has 0 amide bonds. The van der Waals surface area contributed by atoms with Crippen molar-refractivity contribution >= 4 is 22.6 Å². The first kappa shape index (κ1) is 16.9. The first-order valence-corrected chi connectivity index (χ1v) is 8.43. The maximum absolute atomic E-state index is 8.73. The fourth-order valence-electron chi connectivity index (χ4n) is 1.97. The minimum Gasteiger partial charge on any atom is -0.487 e. The minimum atomic E-state index is 0.429. The topological polar surface area (TPSA) is 75.2 Å². The van der Waals surface area contributed by atoms with E-state index in [9.17, 15) is 0 Å². The summed E-state index contributed by atoms with van der Waals surface area (Å²) in [5.41, 5.74) is 2.69. The van der Waals surface area contributed by atoms with E-state index in [-0.39, 0.29) is 0 Å². The zero-order valence-corrected chi connectivity index (χ0v) is 14.2. The molecule has 7 heteroatoms. The van der Waals surface area contributed by atoms with Gasteiger partial charge in [0.25, 0.3) is 0 Å². The Morgan fingerprint density at radius 3 is 2.91 bits per heavy atom. The van der Waals surface area contributed by atoms with E-state index >= 15 is 0 Å². The molecule has 0 aliphatic carbocycles. The Hall–Kier alpha value is -2.46. The van der Waals surface area contributed by atoms with E-state index in [0.29, 0.717) is 23.2 Å². The lowest BCUT2D eigenvalue weighted by Crippen LogP contribution is -2.12.